The van der Waals surface area contributed by atoms with Crippen LogP contribution in [-0.4, -0.2) is 33.9 Å². The van der Waals surface area contributed by atoms with Crippen molar-refractivity contribution in [2.45, 2.75) is 26.2 Å². The SMILES string of the molecule is CC(=O)c1ccc(-c2cc(NC[C@@H](C)c3ccnc4c3OCC4)ncn2)cc1. The fourth-order valence-electron chi connectivity index (χ4n) is 3.35. The van der Waals surface area contributed by atoms with Gasteiger partial charge < -0.3 is 10.1 Å². The first-order valence-corrected chi connectivity index (χ1v) is 9.39. The van der Waals surface area contributed by atoms with Crippen LogP contribution in [0.15, 0.2) is 48.9 Å². The molecular formula is C22H22N4O2. The zero-order chi connectivity index (χ0) is 19.5. The number of ketones is 1. The number of aromatic nitrogens is 3. The number of fused-ring (bicyclic) bond motifs is 1. The Morgan fingerprint density at radius 3 is 2.79 bits per heavy atom. The molecule has 0 saturated carbocycles. The van der Waals surface area contributed by atoms with Crippen molar-refractivity contribution >= 4 is 11.6 Å². The number of ether oxygens (including phenoxy) is 1. The predicted molar refractivity (Wildman–Crippen MR) is 108 cm³/mol. The summed E-state index contributed by atoms with van der Waals surface area (Å²) in [5, 5.41) is 3.39. The van der Waals surface area contributed by atoms with Crippen LogP contribution in [0, 0.1) is 0 Å². The van der Waals surface area contributed by atoms with Crippen LogP contribution in [-0.2, 0) is 6.42 Å². The Morgan fingerprint density at radius 1 is 1.18 bits per heavy atom. The van der Waals surface area contributed by atoms with E-state index >= 15 is 0 Å². The molecular weight excluding hydrogens is 352 g/mol. The third-order valence-electron chi connectivity index (χ3n) is 4.97. The normalized spacial score (nSPS) is 13.5. The van der Waals surface area contributed by atoms with Crippen molar-refractivity contribution in [1.29, 1.82) is 0 Å². The van der Waals surface area contributed by atoms with Crippen molar-refractivity contribution in [2.24, 2.45) is 0 Å². The molecule has 0 saturated heterocycles. The van der Waals surface area contributed by atoms with E-state index in [1.807, 2.05) is 42.6 Å². The molecule has 1 aliphatic heterocycles. The minimum absolute atomic E-state index is 0.0529. The number of Topliss-reactive ketones (excluding diaryl/α,β-unsaturated/α-hetero) is 1. The van der Waals surface area contributed by atoms with Gasteiger partial charge in [-0.25, -0.2) is 9.97 Å². The average Bonchev–Trinajstić information content (AvgIpc) is 3.21. The molecule has 3 heterocycles. The van der Waals surface area contributed by atoms with Crippen LogP contribution in [0.5, 0.6) is 5.75 Å². The number of hydrogen-bond donors (Lipinski definition) is 1. The quantitative estimate of drug-likeness (QED) is 0.660. The fraction of sp³-hybridized carbons (Fsp3) is 0.273. The minimum atomic E-state index is 0.0529. The van der Waals surface area contributed by atoms with Crippen molar-refractivity contribution in [3.05, 3.63) is 65.7 Å². The zero-order valence-electron chi connectivity index (χ0n) is 16.0. The van der Waals surface area contributed by atoms with Crippen molar-refractivity contribution in [1.82, 2.24) is 15.0 Å². The Bertz CT molecular complexity index is 1000. The number of nitrogens with one attached hydrogen (secondary N) is 1. The van der Waals surface area contributed by atoms with Crippen LogP contribution < -0.4 is 10.1 Å². The molecule has 28 heavy (non-hydrogen) atoms. The van der Waals surface area contributed by atoms with E-state index in [0.29, 0.717) is 12.2 Å². The average molecular weight is 374 g/mol. The molecule has 0 aliphatic carbocycles. The molecule has 1 N–H and O–H groups in total. The van der Waals surface area contributed by atoms with Gasteiger partial charge in [0.05, 0.1) is 18.0 Å². The van der Waals surface area contributed by atoms with Gasteiger partial charge in [0, 0.05) is 47.8 Å². The first-order valence-electron chi connectivity index (χ1n) is 9.39. The molecule has 1 atom stereocenters. The van der Waals surface area contributed by atoms with Crippen LogP contribution in [0.1, 0.15) is 41.4 Å². The predicted octanol–water partition coefficient (Wildman–Crippen LogP) is 3.89. The molecule has 6 heteroatoms. The minimum Gasteiger partial charge on any atom is -0.491 e. The molecule has 0 unspecified atom stereocenters. The lowest BCUT2D eigenvalue weighted by molar-refractivity contribution is 0.101. The van der Waals surface area contributed by atoms with Gasteiger partial charge in [0.15, 0.2) is 5.78 Å². The highest BCUT2D eigenvalue weighted by Crippen LogP contribution is 2.33. The van der Waals surface area contributed by atoms with E-state index in [1.54, 1.807) is 13.3 Å². The molecule has 1 aliphatic rings. The summed E-state index contributed by atoms with van der Waals surface area (Å²) in [6.07, 6.45) is 4.28. The summed E-state index contributed by atoms with van der Waals surface area (Å²) in [7, 11) is 0. The van der Waals surface area contributed by atoms with Gasteiger partial charge in [0.1, 0.15) is 17.9 Å². The van der Waals surface area contributed by atoms with Crippen LogP contribution in [0.25, 0.3) is 11.3 Å². The Morgan fingerprint density at radius 2 is 2.00 bits per heavy atom. The monoisotopic (exact) mass is 374 g/mol. The van der Waals surface area contributed by atoms with E-state index in [9.17, 15) is 4.79 Å². The van der Waals surface area contributed by atoms with E-state index < -0.39 is 0 Å². The first kappa shape index (κ1) is 18.1. The summed E-state index contributed by atoms with van der Waals surface area (Å²) >= 11 is 0. The molecule has 2 aromatic heterocycles. The molecule has 1 aromatic carbocycles. The van der Waals surface area contributed by atoms with E-state index in [2.05, 4.69) is 27.2 Å². The smallest absolute Gasteiger partial charge is 0.159 e. The van der Waals surface area contributed by atoms with Crippen LogP contribution in [0.3, 0.4) is 0 Å². The van der Waals surface area contributed by atoms with Crippen molar-refractivity contribution in [2.75, 3.05) is 18.5 Å². The standard InChI is InChI=1S/C22H22N4O2/c1-14(18-7-9-23-19-8-10-28-22(18)19)12-24-21-11-20(25-13-26-21)17-5-3-16(4-6-17)15(2)27/h3-7,9,11,13-14H,8,10,12H2,1-2H3,(H,24,25,26)/t14-/m1/s1. The van der Waals surface area contributed by atoms with Crippen molar-refractivity contribution in [3.8, 4) is 17.0 Å². The number of hydrogen-bond acceptors (Lipinski definition) is 6. The lowest BCUT2D eigenvalue weighted by atomic mass is 10.00. The van der Waals surface area contributed by atoms with Crippen LogP contribution in [0.4, 0.5) is 5.82 Å². The fourth-order valence-corrected chi connectivity index (χ4v) is 3.35. The largest absolute Gasteiger partial charge is 0.491 e. The summed E-state index contributed by atoms with van der Waals surface area (Å²) in [5.74, 6) is 2.00. The van der Waals surface area contributed by atoms with Crippen molar-refractivity contribution in [3.63, 3.8) is 0 Å². The van der Waals surface area contributed by atoms with E-state index in [1.165, 1.54) is 5.56 Å². The first-order chi connectivity index (χ1) is 13.6. The van der Waals surface area contributed by atoms with Gasteiger partial charge >= 0.3 is 0 Å². The highest BCUT2D eigenvalue weighted by atomic mass is 16.5. The number of pyridine rings is 1. The molecule has 0 bridgehead atoms. The van der Waals surface area contributed by atoms with Gasteiger partial charge in [-0.2, -0.15) is 0 Å². The number of benzene rings is 1. The topological polar surface area (TPSA) is 77.0 Å². The van der Waals surface area contributed by atoms with Gasteiger partial charge in [-0.15, -0.1) is 0 Å². The lowest BCUT2D eigenvalue weighted by Gasteiger charge is -2.16. The van der Waals surface area contributed by atoms with E-state index in [-0.39, 0.29) is 11.7 Å². The summed E-state index contributed by atoms with van der Waals surface area (Å²) in [5.41, 5.74) is 4.67. The Hall–Kier alpha value is -3.28. The number of anilines is 1. The molecule has 6 nitrogen and oxygen atoms in total. The maximum Gasteiger partial charge on any atom is 0.159 e. The Balaban J connectivity index is 1.47. The van der Waals surface area contributed by atoms with Crippen molar-refractivity contribution < 1.29 is 9.53 Å². The molecule has 0 radical (unpaired) electrons. The molecule has 0 amide bonds. The second kappa shape index (κ2) is 7.76. The second-order valence-corrected chi connectivity index (χ2v) is 6.98. The van der Waals surface area contributed by atoms with E-state index in [4.69, 9.17) is 4.74 Å². The van der Waals surface area contributed by atoms with Gasteiger partial charge in [-0.1, -0.05) is 31.2 Å². The summed E-state index contributed by atoms with van der Waals surface area (Å²) < 4.78 is 5.77. The van der Waals surface area contributed by atoms with Crippen LogP contribution >= 0.6 is 0 Å². The third kappa shape index (κ3) is 3.71. The van der Waals surface area contributed by atoms with Gasteiger partial charge in [-0.05, 0) is 13.0 Å². The van der Waals surface area contributed by atoms with Gasteiger partial charge in [0.25, 0.3) is 0 Å². The number of carbonyl (C=O) groups excluding carboxylic acids is 1. The lowest BCUT2D eigenvalue weighted by Crippen LogP contribution is -2.12. The highest BCUT2D eigenvalue weighted by Gasteiger charge is 2.20. The Labute approximate surface area is 164 Å². The van der Waals surface area contributed by atoms with Crippen LogP contribution in [0.2, 0.25) is 0 Å². The molecule has 3 aromatic rings. The molecule has 0 spiro atoms. The highest BCUT2D eigenvalue weighted by molar-refractivity contribution is 5.94. The molecule has 0 fully saturated rings. The summed E-state index contributed by atoms with van der Waals surface area (Å²) in [6.45, 7) is 5.15. The van der Waals surface area contributed by atoms with E-state index in [0.717, 1.165) is 41.5 Å². The molecule has 142 valence electrons. The Kier molecular flexibility index (Phi) is 5.02. The number of rotatable bonds is 6. The summed E-state index contributed by atoms with van der Waals surface area (Å²) in [6, 6.07) is 11.4. The second-order valence-electron chi connectivity index (χ2n) is 6.98. The zero-order valence-corrected chi connectivity index (χ0v) is 16.0. The molecule has 4 rings (SSSR count). The third-order valence-corrected chi connectivity index (χ3v) is 4.97. The van der Waals surface area contributed by atoms with Gasteiger partial charge in [-0.3, -0.25) is 9.78 Å². The number of nitrogens with zero attached hydrogens (tertiary/aromatic N) is 3. The summed E-state index contributed by atoms with van der Waals surface area (Å²) in [4.78, 5) is 24.5. The van der Waals surface area contributed by atoms with Gasteiger partial charge in [0.2, 0.25) is 0 Å². The maximum atomic E-state index is 11.4. The number of carbonyl (C=O) groups is 1. The maximum absolute atomic E-state index is 11.4.